The molecule has 5 nitrogen and oxygen atoms in total. The highest BCUT2D eigenvalue weighted by Crippen LogP contribution is 2.25. The van der Waals surface area contributed by atoms with E-state index in [1.165, 1.54) is 13.2 Å². The molecular formula is C15H14N2O3. The number of carbonyl (C=O) groups is 1. The van der Waals surface area contributed by atoms with E-state index in [1.807, 2.05) is 6.07 Å². The van der Waals surface area contributed by atoms with Gasteiger partial charge in [0.25, 0.3) is 5.91 Å². The highest BCUT2D eigenvalue weighted by Gasteiger charge is 2.04. The molecule has 0 aromatic heterocycles. The lowest BCUT2D eigenvalue weighted by molar-refractivity contribution is -0.110. The van der Waals surface area contributed by atoms with Crippen LogP contribution in [0, 0.1) is 0 Å². The highest BCUT2D eigenvalue weighted by atomic mass is 16.5. The van der Waals surface area contributed by atoms with Crippen molar-refractivity contribution in [3.8, 4) is 11.5 Å². The lowest BCUT2D eigenvalue weighted by atomic mass is 10.3. The Kier molecular flexibility index (Phi) is 4.34. The van der Waals surface area contributed by atoms with Crippen LogP contribution >= 0.6 is 0 Å². The Morgan fingerprint density at radius 2 is 1.90 bits per heavy atom. The van der Waals surface area contributed by atoms with Crippen LogP contribution in [0.4, 0.5) is 11.4 Å². The van der Waals surface area contributed by atoms with Gasteiger partial charge in [0.15, 0.2) is 0 Å². The number of hydrogen-bond donors (Lipinski definition) is 2. The van der Waals surface area contributed by atoms with E-state index in [0.29, 0.717) is 17.1 Å². The number of nitrogens with zero attached hydrogens (tertiary/aromatic N) is 1. The molecule has 0 radical (unpaired) electrons. The number of phenolic OH excluding ortho intramolecular Hbond substituents is 1. The average molecular weight is 270 g/mol. The van der Waals surface area contributed by atoms with Crippen molar-refractivity contribution < 1.29 is 14.6 Å². The third-order valence-electron chi connectivity index (χ3n) is 2.57. The second kappa shape index (κ2) is 6.38. The average Bonchev–Trinajstić information content (AvgIpc) is 2.47. The molecule has 1 amide bonds. The quantitative estimate of drug-likeness (QED) is 0.839. The lowest BCUT2D eigenvalue weighted by Crippen LogP contribution is -2.13. The van der Waals surface area contributed by atoms with E-state index >= 15 is 0 Å². The number of carbonyl (C=O) groups excluding carboxylic acids is 1. The monoisotopic (exact) mass is 270 g/mol. The molecule has 20 heavy (non-hydrogen) atoms. The van der Waals surface area contributed by atoms with Gasteiger partial charge in [-0.25, -0.2) is 4.99 Å². The molecule has 2 rings (SSSR count). The molecule has 0 atom stereocenters. The maximum atomic E-state index is 11.8. The van der Waals surface area contributed by atoms with Gasteiger partial charge in [-0.1, -0.05) is 24.3 Å². The minimum Gasteiger partial charge on any atom is -0.506 e. The van der Waals surface area contributed by atoms with Gasteiger partial charge in [-0.15, -0.1) is 0 Å². The summed E-state index contributed by atoms with van der Waals surface area (Å²) < 4.78 is 5.13. The van der Waals surface area contributed by atoms with Crippen molar-refractivity contribution in [1.29, 1.82) is 0 Å². The molecule has 0 saturated heterocycles. The number of nitrogens with one attached hydrogen (secondary N) is 1. The first-order valence-corrected chi connectivity index (χ1v) is 5.97. The van der Waals surface area contributed by atoms with Crippen LogP contribution in [0.25, 0.3) is 0 Å². The third kappa shape index (κ3) is 3.35. The van der Waals surface area contributed by atoms with Crippen LogP contribution in [0.2, 0.25) is 0 Å². The number of anilines is 1. The Bertz CT molecular complexity index is 639. The molecule has 0 aliphatic carbocycles. The third-order valence-corrected chi connectivity index (χ3v) is 2.57. The second-order valence-electron chi connectivity index (χ2n) is 3.94. The van der Waals surface area contributed by atoms with Gasteiger partial charge in [-0.3, -0.25) is 4.79 Å². The number of phenols is 1. The smallest absolute Gasteiger partial charge is 0.266 e. The molecule has 0 saturated carbocycles. The number of benzene rings is 2. The summed E-state index contributed by atoms with van der Waals surface area (Å²) >= 11 is 0. The molecule has 0 aliphatic heterocycles. The normalized spacial score (nSPS) is 10.4. The highest BCUT2D eigenvalue weighted by molar-refractivity contribution is 6.32. The molecule has 2 aromatic rings. The summed E-state index contributed by atoms with van der Waals surface area (Å²) in [6.07, 6.45) is 1.11. The zero-order valence-corrected chi connectivity index (χ0v) is 10.9. The summed E-state index contributed by atoms with van der Waals surface area (Å²) in [4.78, 5) is 15.7. The van der Waals surface area contributed by atoms with Crippen LogP contribution in [0.1, 0.15) is 0 Å². The summed E-state index contributed by atoms with van der Waals surface area (Å²) in [6.45, 7) is 0. The Hall–Kier alpha value is -2.82. The molecule has 2 aromatic carbocycles. The van der Waals surface area contributed by atoms with Crippen molar-refractivity contribution in [2.45, 2.75) is 0 Å². The van der Waals surface area contributed by atoms with Crippen LogP contribution < -0.4 is 10.1 Å². The fourth-order valence-corrected chi connectivity index (χ4v) is 1.61. The number of ether oxygens (including phenoxy) is 1. The number of hydrogen-bond acceptors (Lipinski definition) is 4. The summed E-state index contributed by atoms with van der Waals surface area (Å²) in [6, 6.07) is 13.6. The number of aliphatic imine (C=N–C) groups is 1. The van der Waals surface area contributed by atoms with Crippen molar-refractivity contribution in [3.05, 3.63) is 48.5 Å². The molecule has 0 fully saturated rings. The lowest BCUT2D eigenvalue weighted by Gasteiger charge is -2.07. The number of amides is 1. The van der Waals surface area contributed by atoms with E-state index in [2.05, 4.69) is 10.3 Å². The number of para-hydroxylation sites is 4. The van der Waals surface area contributed by atoms with E-state index in [-0.39, 0.29) is 5.75 Å². The van der Waals surface area contributed by atoms with Crippen molar-refractivity contribution >= 4 is 23.5 Å². The van der Waals surface area contributed by atoms with E-state index in [9.17, 15) is 9.90 Å². The minimum absolute atomic E-state index is 0.0221. The molecule has 0 aliphatic rings. The van der Waals surface area contributed by atoms with Gasteiger partial charge < -0.3 is 15.2 Å². The van der Waals surface area contributed by atoms with Crippen molar-refractivity contribution in [2.75, 3.05) is 12.4 Å². The van der Waals surface area contributed by atoms with Crippen LogP contribution in [0.15, 0.2) is 53.5 Å². The van der Waals surface area contributed by atoms with E-state index in [1.54, 1.807) is 36.4 Å². The van der Waals surface area contributed by atoms with Crippen LogP contribution in [-0.2, 0) is 4.79 Å². The van der Waals surface area contributed by atoms with Gasteiger partial charge in [-0.2, -0.15) is 0 Å². The van der Waals surface area contributed by atoms with Crippen molar-refractivity contribution in [3.63, 3.8) is 0 Å². The fourth-order valence-electron chi connectivity index (χ4n) is 1.61. The second-order valence-corrected chi connectivity index (χ2v) is 3.94. The zero-order valence-electron chi connectivity index (χ0n) is 10.9. The van der Waals surface area contributed by atoms with Crippen molar-refractivity contribution in [2.24, 2.45) is 4.99 Å². The van der Waals surface area contributed by atoms with E-state index in [4.69, 9.17) is 4.74 Å². The Morgan fingerprint density at radius 1 is 1.20 bits per heavy atom. The standard InChI is InChI=1S/C15H14N2O3/c1-20-14-9-5-3-7-12(14)17-15(19)10-16-11-6-2-4-8-13(11)18/h2-10,18H,1H3,(H,17,19). The van der Waals surface area contributed by atoms with Gasteiger partial charge in [0, 0.05) is 0 Å². The van der Waals surface area contributed by atoms with Gasteiger partial charge in [-0.05, 0) is 24.3 Å². The first-order valence-electron chi connectivity index (χ1n) is 5.97. The predicted molar refractivity (Wildman–Crippen MR) is 77.9 cm³/mol. The summed E-state index contributed by atoms with van der Waals surface area (Å²) in [5, 5.41) is 12.2. The maximum absolute atomic E-state index is 11.8. The van der Waals surface area contributed by atoms with Crippen LogP contribution in [-0.4, -0.2) is 24.3 Å². The summed E-state index contributed by atoms with van der Waals surface area (Å²) in [5.41, 5.74) is 0.895. The van der Waals surface area contributed by atoms with Gasteiger partial charge in [0.1, 0.15) is 17.2 Å². The number of aromatic hydroxyl groups is 1. The largest absolute Gasteiger partial charge is 0.506 e. The van der Waals surface area contributed by atoms with E-state index < -0.39 is 5.91 Å². The Labute approximate surface area is 116 Å². The van der Waals surface area contributed by atoms with Gasteiger partial charge >= 0.3 is 0 Å². The minimum atomic E-state index is -0.405. The summed E-state index contributed by atoms with van der Waals surface area (Å²) in [7, 11) is 1.53. The molecule has 0 bridgehead atoms. The van der Waals surface area contributed by atoms with Crippen LogP contribution in [0.3, 0.4) is 0 Å². The molecule has 2 N–H and O–H groups in total. The predicted octanol–water partition coefficient (Wildman–Crippen LogP) is 2.74. The molecule has 5 heteroatoms. The Balaban J connectivity index is 2.08. The maximum Gasteiger partial charge on any atom is 0.266 e. The topological polar surface area (TPSA) is 70.9 Å². The van der Waals surface area contributed by atoms with Gasteiger partial charge in [0.05, 0.1) is 19.0 Å². The SMILES string of the molecule is COc1ccccc1NC(=O)C=Nc1ccccc1O. The van der Waals surface area contributed by atoms with Crippen LogP contribution in [0.5, 0.6) is 11.5 Å². The molecule has 0 unspecified atom stereocenters. The van der Waals surface area contributed by atoms with Crippen molar-refractivity contribution in [1.82, 2.24) is 0 Å². The van der Waals surface area contributed by atoms with E-state index in [0.717, 1.165) is 6.21 Å². The first-order chi connectivity index (χ1) is 9.70. The molecule has 102 valence electrons. The number of methoxy groups -OCH3 is 1. The first kappa shape index (κ1) is 13.6. The fraction of sp³-hybridized carbons (Fsp3) is 0.0667. The summed E-state index contributed by atoms with van der Waals surface area (Å²) in [5.74, 6) is 0.184. The van der Waals surface area contributed by atoms with Gasteiger partial charge in [0.2, 0.25) is 0 Å². The number of rotatable bonds is 4. The molecular weight excluding hydrogens is 256 g/mol. The zero-order chi connectivity index (χ0) is 14.4. The molecule has 0 heterocycles. The Morgan fingerprint density at radius 3 is 2.65 bits per heavy atom. The molecule has 0 spiro atoms.